The van der Waals surface area contributed by atoms with E-state index in [2.05, 4.69) is 10.5 Å². The molecule has 0 radical (unpaired) electrons. The molecule has 0 aliphatic carbocycles. The van der Waals surface area contributed by atoms with Crippen molar-refractivity contribution in [3.8, 4) is 5.75 Å². The number of hydrogen-bond acceptors (Lipinski definition) is 5. The van der Waals surface area contributed by atoms with E-state index in [0.29, 0.717) is 22.7 Å². The molecule has 116 valence electrons. The van der Waals surface area contributed by atoms with Gasteiger partial charge in [-0.1, -0.05) is 17.3 Å². The summed E-state index contributed by atoms with van der Waals surface area (Å²) in [6, 6.07) is 13.9. The van der Waals surface area contributed by atoms with E-state index in [4.69, 9.17) is 9.26 Å². The Balaban J connectivity index is 1.66. The number of esters is 1. The number of amides is 1. The molecular formula is C17H14N2O4. The summed E-state index contributed by atoms with van der Waals surface area (Å²) in [6.07, 6.45) is 0.0183. The monoisotopic (exact) mass is 310 g/mol. The molecule has 0 bridgehead atoms. The van der Waals surface area contributed by atoms with Crippen molar-refractivity contribution in [1.29, 1.82) is 0 Å². The molecule has 3 rings (SSSR count). The van der Waals surface area contributed by atoms with Crippen LogP contribution in [0, 0.1) is 0 Å². The smallest absolute Gasteiger partial charge is 0.317 e. The van der Waals surface area contributed by atoms with Gasteiger partial charge in [-0.15, -0.1) is 0 Å². The minimum atomic E-state index is -0.434. The standard InChI is InChI=1S/C17H14N2O4/c1-11(20)18-12-6-8-13(9-7-12)22-17(21)10-15-14-4-2-3-5-16(14)23-19-15/h2-9H,10H2,1H3,(H,18,20). The number of ether oxygens (including phenoxy) is 1. The number of rotatable bonds is 4. The quantitative estimate of drug-likeness (QED) is 0.592. The van der Waals surface area contributed by atoms with Crippen LogP contribution in [0.1, 0.15) is 12.6 Å². The minimum absolute atomic E-state index is 0.0183. The molecule has 1 heterocycles. The Kier molecular flexibility index (Phi) is 4.05. The predicted molar refractivity (Wildman–Crippen MR) is 84.1 cm³/mol. The SMILES string of the molecule is CC(=O)Nc1ccc(OC(=O)Cc2noc3ccccc23)cc1. The molecule has 2 aromatic carbocycles. The van der Waals surface area contributed by atoms with Crippen LogP contribution in [-0.2, 0) is 16.0 Å². The van der Waals surface area contributed by atoms with Gasteiger partial charge in [0.2, 0.25) is 5.91 Å². The summed E-state index contributed by atoms with van der Waals surface area (Å²) in [5.41, 5.74) is 1.82. The lowest BCUT2D eigenvalue weighted by atomic mass is 10.2. The Morgan fingerprint density at radius 2 is 1.87 bits per heavy atom. The molecule has 23 heavy (non-hydrogen) atoms. The first-order chi connectivity index (χ1) is 11.1. The van der Waals surface area contributed by atoms with Gasteiger partial charge in [0.05, 0.1) is 6.42 Å². The average Bonchev–Trinajstić information content (AvgIpc) is 2.92. The number of nitrogens with one attached hydrogen (secondary N) is 1. The summed E-state index contributed by atoms with van der Waals surface area (Å²) in [5.74, 6) is -0.194. The van der Waals surface area contributed by atoms with Crippen molar-refractivity contribution in [3.63, 3.8) is 0 Å². The fraction of sp³-hybridized carbons (Fsp3) is 0.118. The van der Waals surface area contributed by atoms with E-state index in [-0.39, 0.29) is 12.3 Å². The number of hydrogen-bond donors (Lipinski definition) is 1. The fourth-order valence-corrected chi connectivity index (χ4v) is 2.18. The van der Waals surface area contributed by atoms with Gasteiger partial charge in [0.25, 0.3) is 0 Å². The van der Waals surface area contributed by atoms with Crippen molar-refractivity contribution in [2.45, 2.75) is 13.3 Å². The summed E-state index contributed by atoms with van der Waals surface area (Å²) in [4.78, 5) is 23.0. The Labute approximate surface area is 132 Å². The van der Waals surface area contributed by atoms with Crippen molar-refractivity contribution in [2.75, 3.05) is 5.32 Å². The van der Waals surface area contributed by atoms with Gasteiger partial charge in [0.1, 0.15) is 11.4 Å². The molecule has 1 amide bonds. The normalized spacial score (nSPS) is 10.5. The van der Waals surface area contributed by atoms with Crippen molar-refractivity contribution >= 4 is 28.5 Å². The number of fused-ring (bicyclic) bond motifs is 1. The molecule has 0 fully saturated rings. The van der Waals surface area contributed by atoms with E-state index < -0.39 is 5.97 Å². The van der Waals surface area contributed by atoms with Crippen LogP contribution in [0.3, 0.4) is 0 Å². The summed E-state index contributed by atoms with van der Waals surface area (Å²) in [5, 5.41) is 7.34. The first-order valence-corrected chi connectivity index (χ1v) is 7.03. The second-order valence-electron chi connectivity index (χ2n) is 4.98. The molecule has 0 unspecified atom stereocenters. The van der Waals surface area contributed by atoms with Crippen molar-refractivity contribution in [2.24, 2.45) is 0 Å². The highest BCUT2D eigenvalue weighted by atomic mass is 16.5. The molecule has 3 aromatic rings. The highest BCUT2D eigenvalue weighted by molar-refractivity contribution is 5.88. The van der Waals surface area contributed by atoms with E-state index >= 15 is 0 Å². The zero-order valence-corrected chi connectivity index (χ0v) is 12.4. The highest BCUT2D eigenvalue weighted by Gasteiger charge is 2.13. The molecule has 0 aliphatic rings. The number of benzene rings is 2. The minimum Gasteiger partial charge on any atom is -0.426 e. The van der Waals surface area contributed by atoms with E-state index in [0.717, 1.165) is 5.39 Å². The van der Waals surface area contributed by atoms with Gasteiger partial charge in [-0.05, 0) is 36.4 Å². The summed E-state index contributed by atoms with van der Waals surface area (Å²) in [7, 11) is 0. The fourth-order valence-electron chi connectivity index (χ4n) is 2.18. The Bertz CT molecular complexity index is 852. The number of aromatic nitrogens is 1. The van der Waals surface area contributed by atoms with Gasteiger partial charge in [0, 0.05) is 18.0 Å². The topological polar surface area (TPSA) is 81.4 Å². The van der Waals surface area contributed by atoms with Crippen LogP contribution >= 0.6 is 0 Å². The van der Waals surface area contributed by atoms with Gasteiger partial charge in [-0.25, -0.2) is 0 Å². The van der Waals surface area contributed by atoms with Crippen LogP contribution in [0.25, 0.3) is 11.0 Å². The number of para-hydroxylation sites is 1. The average molecular weight is 310 g/mol. The molecule has 6 nitrogen and oxygen atoms in total. The van der Waals surface area contributed by atoms with Crippen molar-refractivity contribution < 1.29 is 18.8 Å². The summed E-state index contributed by atoms with van der Waals surface area (Å²) >= 11 is 0. The van der Waals surface area contributed by atoms with E-state index in [1.54, 1.807) is 30.3 Å². The van der Waals surface area contributed by atoms with Crippen LogP contribution < -0.4 is 10.1 Å². The molecule has 0 spiro atoms. The number of carbonyl (C=O) groups is 2. The molecule has 0 saturated heterocycles. The Morgan fingerprint density at radius 3 is 2.61 bits per heavy atom. The maximum absolute atomic E-state index is 12.0. The Hall–Kier alpha value is -3.15. The third-order valence-corrected chi connectivity index (χ3v) is 3.17. The first kappa shape index (κ1) is 14.8. The molecule has 0 aliphatic heterocycles. The van der Waals surface area contributed by atoms with Crippen LogP contribution in [0.4, 0.5) is 5.69 Å². The third kappa shape index (κ3) is 3.55. The van der Waals surface area contributed by atoms with Crippen LogP contribution in [0.15, 0.2) is 53.1 Å². The molecule has 1 aromatic heterocycles. The number of nitrogens with zero attached hydrogens (tertiary/aromatic N) is 1. The Morgan fingerprint density at radius 1 is 1.13 bits per heavy atom. The largest absolute Gasteiger partial charge is 0.426 e. The molecule has 0 atom stereocenters. The number of carbonyl (C=O) groups excluding carboxylic acids is 2. The maximum atomic E-state index is 12.0. The number of anilines is 1. The summed E-state index contributed by atoms with van der Waals surface area (Å²) < 4.78 is 10.4. The van der Waals surface area contributed by atoms with Gasteiger partial charge < -0.3 is 14.6 Å². The van der Waals surface area contributed by atoms with Crippen LogP contribution in [-0.4, -0.2) is 17.0 Å². The molecule has 6 heteroatoms. The molecular weight excluding hydrogens is 296 g/mol. The lowest BCUT2D eigenvalue weighted by Crippen LogP contribution is -2.12. The van der Waals surface area contributed by atoms with E-state index in [1.165, 1.54) is 6.92 Å². The summed E-state index contributed by atoms with van der Waals surface area (Å²) in [6.45, 7) is 1.43. The lowest BCUT2D eigenvalue weighted by molar-refractivity contribution is -0.133. The second kappa shape index (κ2) is 6.31. The van der Waals surface area contributed by atoms with Crippen molar-refractivity contribution in [3.05, 3.63) is 54.2 Å². The third-order valence-electron chi connectivity index (χ3n) is 3.17. The zero-order chi connectivity index (χ0) is 16.2. The molecule has 1 N–H and O–H groups in total. The van der Waals surface area contributed by atoms with Crippen LogP contribution in [0.2, 0.25) is 0 Å². The van der Waals surface area contributed by atoms with Crippen molar-refractivity contribution in [1.82, 2.24) is 5.16 Å². The first-order valence-electron chi connectivity index (χ1n) is 7.03. The lowest BCUT2D eigenvalue weighted by Gasteiger charge is -2.05. The predicted octanol–water partition coefficient (Wildman–Crippen LogP) is 2.93. The second-order valence-corrected chi connectivity index (χ2v) is 4.98. The molecule has 0 saturated carbocycles. The highest BCUT2D eigenvalue weighted by Crippen LogP contribution is 2.20. The van der Waals surface area contributed by atoms with E-state index in [9.17, 15) is 9.59 Å². The van der Waals surface area contributed by atoms with Gasteiger partial charge in [0.15, 0.2) is 5.58 Å². The van der Waals surface area contributed by atoms with Gasteiger partial charge in [-0.2, -0.15) is 0 Å². The van der Waals surface area contributed by atoms with E-state index in [1.807, 2.05) is 18.2 Å². The van der Waals surface area contributed by atoms with Crippen LogP contribution in [0.5, 0.6) is 5.75 Å². The van der Waals surface area contributed by atoms with Gasteiger partial charge >= 0.3 is 5.97 Å². The van der Waals surface area contributed by atoms with Gasteiger partial charge in [-0.3, -0.25) is 9.59 Å². The zero-order valence-electron chi connectivity index (χ0n) is 12.4. The maximum Gasteiger partial charge on any atom is 0.317 e.